The first-order chi connectivity index (χ1) is 23.0. The van der Waals surface area contributed by atoms with Crippen molar-refractivity contribution in [3.05, 3.63) is 95.7 Å². The summed E-state index contributed by atoms with van der Waals surface area (Å²) in [7, 11) is 0. The first-order valence-corrected chi connectivity index (χ1v) is 16.2. The molecule has 0 fully saturated rings. The normalized spacial score (nSPS) is 15.4. The van der Waals surface area contributed by atoms with Gasteiger partial charge >= 0.3 is 0 Å². The van der Waals surface area contributed by atoms with Crippen LogP contribution in [0.2, 0.25) is 0 Å². The van der Waals surface area contributed by atoms with E-state index in [1.807, 2.05) is 17.5 Å². The molecule has 240 valence electrons. The number of ether oxygens (including phenoxy) is 4. The summed E-state index contributed by atoms with van der Waals surface area (Å²) in [6.07, 6.45) is 3.71. The summed E-state index contributed by atoms with van der Waals surface area (Å²) >= 11 is 1.51. The van der Waals surface area contributed by atoms with Crippen molar-refractivity contribution >= 4 is 27.3 Å². The molecule has 0 unspecified atom stereocenters. The molecule has 0 aliphatic carbocycles. The minimum atomic E-state index is -0.441. The first-order valence-electron chi connectivity index (χ1n) is 15.3. The molecule has 2 aromatic carbocycles. The average molecular weight is 656 g/mol. The smallest absolute Gasteiger partial charge is 0.246 e. The van der Waals surface area contributed by atoms with Crippen LogP contribution in [0.5, 0.6) is 11.5 Å². The Morgan fingerprint density at radius 2 is 1.55 bits per heavy atom. The van der Waals surface area contributed by atoms with Gasteiger partial charge in [0.25, 0.3) is 0 Å². The number of hydrogen-bond donors (Lipinski definition) is 0. The molecule has 0 saturated carbocycles. The number of amides is 1. The van der Waals surface area contributed by atoms with E-state index in [0.717, 1.165) is 26.9 Å². The maximum atomic E-state index is 14.7. The molecular formula is C36H31F2N3O5S. The molecule has 3 aromatic heterocycles. The largest absolute Gasteiger partial charge is 0.490 e. The molecule has 0 radical (unpaired) electrons. The van der Waals surface area contributed by atoms with E-state index in [0.29, 0.717) is 72.3 Å². The van der Waals surface area contributed by atoms with Crippen molar-refractivity contribution in [3.8, 4) is 45.1 Å². The van der Waals surface area contributed by atoms with Crippen LogP contribution in [0.1, 0.15) is 11.3 Å². The molecule has 7 rings (SSSR count). The number of rotatable bonds is 2. The van der Waals surface area contributed by atoms with E-state index in [1.54, 1.807) is 23.2 Å². The van der Waals surface area contributed by atoms with Crippen LogP contribution >= 0.6 is 11.3 Å². The summed E-state index contributed by atoms with van der Waals surface area (Å²) in [5.74, 6) is -0.352. The molecule has 2 aliphatic rings. The van der Waals surface area contributed by atoms with Gasteiger partial charge in [0.2, 0.25) is 5.91 Å². The lowest BCUT2D eigenvalue weighted by Gasteiger charge is -2.27. The third-order valence-electron chi connectivity index (χ3n) is 8.16. The van der Waals surface area contributed by atoms with Gasteiger partial charge in [0.1, 0.15) is 36.3 Å². The third kappa shape index (κ3) is 6.34. The van der Waals surface area contributed by atoms with Crippen LogP contribution < -0.4 is 9.47 Å². The van der Waals surface area contributed by atoms with Crippen LogP contribution in [0.4, 0.5) is 8.78 Å². The number of aromatic nitrogens is 2. The van der Waals surface area contributed by atoms with E-state index in [2.05, 4.69) is 6.58 Å². The maximum absolute atomic E-state index is 14.7. The molecule has 1 amide bonds. The summed E-state index contributed by atoms with van der Waals surface area (Å²) in [6, 6.07) is 12.8. The number of pyridine rings is 2. The maximum Gasteiger partial charge on any atom is 0.246 e. The third-order valence-corrected chi connectivity index (χ3v) is 9.09. The number of nitrogens with zero attached hydrogens (tertiary/aromatic N) is 3. The van der Waals surface area contributed by atoms with Crippen molar-refractivity contribution in [1.29, 1.82) is 0 Å². The number of hydrogen-bond acceptors (Lipinski definition) is 8. The summed E-state index contributed by atoms with van der Waals surface area (Å²) in [4.78, 5) is 24.3. The Hall–Kier alpha value is -4.71. The van der Waals surface area contributed by atoms with E-state index in [-0.39, 0.29) is 32.3 Å². The lowest BCUT2D eigenvalue weighted by Crippen LogP contribution is -2.35. The fraction of sp³-hybridized carbons (Fsp3) is 0.250. The second kappa shape index (κ2) is 13.6. The second-order valence-electron chi connectivity index (χ2n) is 11.1. The van der Waals surface area contributed by atoms with Crippen molar-refractivity contribution in [2.75, 3.05) is 46.2 Å². The molecule has 0 spiro atoms. The number of fused-ring (bicyclic) bond motifs is 5. The highest BCUT2D eigenvalue weighted by molar-refractivity contribution is 7.18. The van der Waals surface area contributed by atoms with E-state index in [1.165, 1.54) is 41.7 Å². The Kier molecular flexibility index (Phi) is 8.92. The van der Waals surface area contributed by atoms with Gasteiger partial charge < -0.3 is 23.8 Å². The van der Waals surface area contributed by atoms with E-state index in [9.17, 15) is 13.6 Å². The van der Waals surface area contributed by atoms with Crippen molar-refractivity contribution in [3.63, 3.8) is 0 Å². The monoisotopic (exact) mass is 655 g/mol. The van der Waals surface area contributed by atoms with Crippen molar-refractivity contribution in [2.45, 2.75) is 13.0 Å². The van der Waals surface area contributed by atoms with Gasteiger partial charge in [0.15, 0.2) is 0 Å². The van der Waals surface area contributed by atoms with Gasteiger partial charge in [-0.2, -0.15) is 0 Å². The molecule has 0 N–H and O–H groups in total. The molecule has 2 bridgehead atoms. The van der Waals surface area contributed by atoms with Gasteiger partial charge in [-0.25, -0.2) is 13.8 Å². The van der Waals surface area contributed by atoms with Gasteiger partial charge in [-0.3, -0.25) is 9.78 Å². The van der Waals surface area contributed by atoms with Crippen LogP contribution in [0, 0.1) is 11.6 Å². The Labute approximate surface area is 274 Å². The Balaban J connectivity index is 1.48. The molecule has 11 heteroatoms. The highest BCUT2D eigenvalue weighted by Gasteiger charge is 2.26. The van der Waals surface area contributed by atoms with Crippen LogP contribution in [0.3, 0.4) is 0 Å². The van der Waals surface area contributed by atoms with E-state index < -0.39 is 11.6 Å². The predicted molar refractivity (Wildman–Crippen MR) is 176 cm³/mol. The molecule has 5 aromatic rings. The Bertz CT molecular complexity index is 1980. The van der Waals surface area contributed by atoms with Crippen molar-refractivity contribution in [2.24, 2.45) is 0 Å². The quantitative estimate of drug-likeness (QED) is 0.193. The zero-order valence-electron chi connectivity index (χ0n) is 25.5. The predicted octanol–water partition coefficient (Wildman–Crippen LogP) is 6.85. The standard InChI is InChI=1S/C36H31F2N3O5S/c1-2-32(42)41-9-7-29-23(21-41)17-22(20-39-29)34-33-26-5-3-24(37)18-30(26)45-14-12-43-10-11-44-13-15-46-31-19-25(38)4-6-27(31)35(40-34)28-8-16-47-36(28)33/h2-6,8,16-20H,1,7,9-15,21H2. The van der Waals surface area contributed by atoms with Crippen LogP contribution in [0.25, 0.3) is 43.7 Å². The van der Waals surface area contributed by atoms with Gasteiger partial charge in [0, 0.05) is 75.9 Å². The zero-order valence-corrected chi connectivity index (χ0v) is 26.3. The summed E-state index contributed by atoms with van der Waals surface area (Å²) < 4.78 is 53.7. The molecule has 8 nitrogen and oxygen atoms in total. The van der Waals surface area contributed by atoms with Crippen LogP contribution in [-0.4, -0.2) is 67.0 Å². The molecule has 0 atom stereocenters. The Morgan fingerprint density at radius 3 is 2.28 bits per heavy atom. The highest BCUT2D eigenvalue weighted by Crippen LogP contribution is 2.47. The topological polar surface area (TPSA) is 83.0 Å². The number of thiophene rings is 1. The number of carbonyl (C=O) groups excluding carboxylic acids is 1. The van der Waals surface area contributed by atoms with Gasteiger partial charge in [-0.05, 0) is 53.4 Å². The molecule has 2 aliphatic heterocycles. The van der Waals surface area contributed by atoms with Crippen LogP contribution in [0.15, 0.2) is 72.8 Å². The minimum Gasteiger partial charge on any atom is -0.490 e. The second-order valence-corrected chi connectivity index (χ2v) is 12.0. The SMILES string of the molecule is C=CC(=O)N1CCc2ncc(-c3nc4c5ccsc5c3-c3ccc(F)cc3OCCOCCOCCOc3cc(F)ccc3-4)cc2C1. The first kappa shape index (κ1) is 30.9. The summed E-state index contributed by atoms with van der Waals surface area (Å²) in [5, 5.41) is 2.78. The average Bonchev–Trinajstić information content (AvgIpc) is 3.58. The van der Waals surface area contributed by atoms with Crippen LogP contribution in [-0.2, 0) is 27.2 Å². The lowest BCUT2D eigenvalue weighted by molar-refractivity contribution is -0.126. The van der Waals surface area contributed by atoms with Gasteiger partial charge in [-0.15, -0.1) is 11.3 Å². The minimum absolute atomic E-state index is 0.145. The highest BCUT2D eigenvalue weighted by atomic mass is 32.1. The number of carbonyl (C=O) groups is 1. The zero-order chi connectivity index (χ0) is 32.3. The van der Waals surface area contributed by atoms with Crippen molar-refractivity contribution in [1.82, 2.24) is 14.9 Å². The van der Waals surface area contributed by atoms with E-state index >= 15 is 0 Å². The van der Waals surface area contributed by atoms with Gasteiger partial charge in [0.05, 0.1) is 37.8 Å². The Morgan fingerprint density at radius 1 is 0.872 bits per heavy atom. The molecule has 47 heavy (non-hydrogen) atoms. The number of benzene rings is 2. The molecule has 0 saturated heterocycles. The fourth-order valence-electron chi connectivity index (χ4n) is 5.94. The summed E-state index contributed by atoms with van der Waals surface area (Å²) in [6.45, 7) is 6.21. The fourth-order valence-corrected chi connectivity index (χ4v) is 6.89. The summed E-state index contributed by atoms with van der Waals surface area (Å²) in [5.41, 5.74) is 5.67. The molecule has 5 heterocycles. The van der Waals surface area contributed by atoms with E-state index in [4.69, 9.17) is 28.9 Å². The number of halogens is 2. The van der Waals surface area contributed by atoms with Crippen molar-refractivity contribution < 1.29 is 32.5 Å². The lowest BCUT2D eigenvalue weighted by atomic mass is 9.94. The van der Waals surface area contributed by atoms with Gasteiger partial charge in [-0.1, -0.05) is 6.58 Å². The molecular weight excluding hydrogens is 624 g/mol.